The van der Waals surface area contributed by atoms with E-state index in [1.807, 2.05) is 18.3 Å². The number of nitrogens with one attached hydrogen (secondary N) is 2. The maximum Gasteiger partial charge on any atom is 0.315 e. The third-order valence-corrected chi connectivity index (χ3v) is 4.08. The van der Waals surface area contributed by atoms with E-state index in [-0.39, 0.29) is 23.0 Å². The number of nitrogens with zero attached hydrogens (tertiary/aromatic N) is 1. The van der Waals surface area contributed by atoms with Crippen LogP contribution in [0.3, 0.4) is 0 Å². The van der Waals surface area contributed by atoms with Crippen molar-refractivity contribution in [1.82, 2.24) is 15.6 Å². The van der Waals surface area contributed by atoms with Crippen LogP contribution >= 0.6 is 0 Å². The van der Waals surface area contributed by atoms with Crippen LogP contribution in [0, 0.1) is 5.41 Å². The summed E-state index contributed by atoms with van der Waals surface area (Å²) in [6.07, 6.45) is 7.80. The quantitative estimate of drug-likeness (QED) is 0.885. The molecule has 1 aliphatic carbocycles. The van der Waals surface area contributed by atoms with Gasteiger partial charge in [-0.25, -0.2) is 4.79 Å². The molecule has 0 aliphatic heterocycles. The SMILES string of the molecule is CC(C)(C)CC(NC(=O)NC1(C)CCC1)c1cccnc1. The first-order chi connectivity index (χ1) is 9.77. The molecule has 1 fully saturated rings. The smallest absolute Gasteiger partial charge is 0.315 e. The summed E-state index contributed by atoms with van der Waals surface area (Å²) in [7, 11) is 0. The molecule has 116 valence electrons. The van der Waals surface area contributed by atoms with Gasteiger partial charge in [-0.2, -0.15) is 0 Å². The summed E-state index contributed by atoms with van der Waals surface area (Å²) in [5, 5.41) is 6.23. The van der Waals surface area contributed by atoms with Crippen LogP contribution in [-0.2, 0) is 0 Å². The number of carbonyl (C=O) groups excluding carboxylic acids is 1. The third kappa shape index (κ3) is 4.73. The molecule has 1 unspecified atom stereocenters. The van der Waals surface area contributed by atoms with E-state index in [0.717, 1.165) is 24.8 Å². The minimum Gasteiger partial charge on any atom is -0.333 e. The molecule has 2 N–H and O–H groups in total. The molecular weight excluding hydrogens is 262 g/mol. The van der Waals surface area contributed by atoms with Crippen molar-refractivity contribution in [2.24, 2.45) is 5.41 Å². The van der Waals surface area contributed by atoms with Crippen LogP contribution in [0.15, 0.2) is 24.5 Å². The van der Waals surface area contributed by atoms with Crippen molar-refractivity contribution in [2.75, 3.05) is 0 Å². The van der Waals surface area contributed by atoms with Gasteiger partial charge in [0.05, 0.1) is 6.04 Å². The number of carbonyl (C=O) groups is 1. The lowest BCUT2D eigenvalue weighted by atomic mass is 9.79. The monoisotopic (exact) mass is 289 g/mol. The number of amides is 2. The molecule has 1 saturated carbocycles. The highest BCUT2D eigenvalue weighted by Crippen LogP contribution is 2.32. The highest BCUT2D eigenvalue weighted by Gasteiger charge is 2.34. The predicted molar refractivity (Wildman–Crippen MR) is 85.0 cm³/mol. The van der Waals surface area contributed by atoms with Crippen LogP contribution < -0.4 is 10.6 Å². The summed E-state index contributed by atoms with van der Waals surface area (Å²) in [4.78, 5) is 16.5. The van der Waals surface area contributed by atoms with Gasteiger partial charge in [0.1, 0.15) is 0 Å². The van der Waals surface area contributed by atoms with Gasteiger partial charge in [0.2, 0.25) is 0 Å². The van der Waals surface area contributed by atoms with Crippen molar-refractivity contribution in [2.45, 2.75) is 65.0 Å². The lowest BCUT2D eigenvalue weighted by Crippen LogP contribution is -2.54. The van der Waals surface area contributed by atoms with Crippen molar-refractivity contribution >= 4 is 6.03 Å². The zero-order valence-electron chi connectivity index (χ0n) is 13.6. The van der Waals surface area contributed by atoms with E-state index in [0.29, 0.717) is 0 Å². The summed E-state index contributed by atoms with van der Waals surface area (Å²) in [6.45, 7) is 8.66. The Morgan fingerprint density at radius 2 is 2.14 bits per heavy atom. The standard InChI is InChI=1S/C17H27N3O/c1-16(2,3)11-14(13-7-5-10-18-12-13)19-15(21)20-17(4)8-6-9-17/h5,7,10,12,14H,6,8-9,11H2,1-4H3,(H2,19,20,21). The molecule has 21 heavy (non-hydrogen) atoms. The van der Waals surface area contributed by atoms with Crippen LogP contribution in [0.1, 0.15) is 65.0 Å². The molecule has 0 spiro atoms. The van der Waals surface area contributed by atoms with Gasteiger partial charge in [-0.3, -0.25) is 4.98 Å². The number of aromatic nitrogens is 1. The second-order valence-corrected chi connectivity index (χ2v) is 7.62. The lowest BCUT2D eigenvalue weighted by molar-refractivity contribution is 0.185. The fourth-order valence-corrected chi connectivity index (χ4v) is 2.75. The number of pyridine rings is 1. The van der Waals surface area contributed by atoms with Gasteiger partial charge in [-0.15, -0.1) is 0 Å². The highest BCUT2D eigenvalue weighted by molar-refractivity contribution is 5.75. The van der Waals surface area contributed by atoms with Gasteiger partial charge in [-0.05, 0) is 49.7 Å². The average molecular weight is 289 g/mol. The Morgan fingerprint density at radius 3 is 2.62 bits per heavy atom. The van der Waals surface area contributed by atoms with Gasteiger partial charge in [0.15, 0.2) is 0 Å². The van der Waals surface area contributed by atoms with E-state index < -0.39 is 0 Å². The van der Waals surface area contributed by atoms with Crippen molar-refractivity contribution in [3.05, 3.63) is 30.1 Å². The molecule has 2 amide bonds. The topological polar surface area (TPSA) is 54.0 Å². The molecule has 0 saturated heterocycles. The van der Waals surface area contributed by atoms with Crippen molar-refractivity contribution < 1.29 is 4.79 Å². The summed E-state index contributed by atoms with van der Waals surface area (Å²) < 4.78 is 0. The van der Waals surface area contributed by atoms with Gasteiger partial charge in [0, 0.05) is 17.9 Å². The van der Waals surface area contributed by atoms with Crippen molar-refractivity contribution in [3.63, 3.8) is 0 Å². The predicted octanol–water partition coefficient (Wildman–Crippen LogP) is 3.80. The normalized spacial score (nSPS) is 18.5. The van der Waals surface area contributed by atoms with Crippen LogP contribution in [-0.4, -0.2) is 16.6 Å². The van der Waals surface area contributed by atoms with Crippen LogP contribution in [0.25, 0.3) is 0 Å². The second-order valence-electron chi connectivity index (χ2n) is 7.62. The molecule has 2 rings (SSSR count). The highest BCUT2D eigenvalue weighted by atomic mass is 16.2. The summed E-state index contributed by atoms with van der Waals surface area (Å²) in [5.41, 5.74) is 1.17. The number of rotatable bonds is 4. The van der Waals surface area contributed by atoms with E-state index in [9.17, 15) is 4.79 Å². The van der Waals surface area contributed by atoms with E-state index >= 15 is 0 Å². The van der Waals surface area contributed by atoms with E-state index in [1.165, 1.54) is 6.42 Å². The molecule has 0 aromatic carbocycles. The minimum absolute atomic E-state index is 0.0117. The fourth-order valence-electron chi connectivity index (χ4n) is 2.75. The first-order valence-electron chi connectivity index (χ1n) is 7.76. The summed E-state index contributed by atoms with van der Waals surface area (Å²) in [6, 6.07) is 3.85. The number of hydrogen-bond acceptors (Lipinski definition) is 2. The Bertz CT molecular complexity index is 475. The molecule has 4 heteroatoms. The number of urea groups is 1. The second kappa shape index (κ2) is 6.04. The van der Waals surface area contributed by atoms with E-state index in [4.69, 9.17) is 0 Å². The van der Waals surface area contributed by atoms with Crippen molar-refractivity contribution in [1.29, 1.82) is 0 Å². The fraction of sp³-hybridized carbons (Fsp3) is 0.647. The molecule has 1 aromatic heterocycles. The Morgan fingerprint density at radius 1 is 1.43 bits per heavy atom. The molecular formula is C17H27N3O. The lowest BCUT2D eigenvalue weighted by Gasteiger charge is -2.39. The Kier molecular flexibility index (Phi) is 4.55. The van der Waals surface area contributed by atoms with E-state index in [2.05, 4.69) is 43.3 Å². The largest absolute Gasteiger partial charge is 0.333 e. The minimum atomic E-state index is -0.0738. The first kappa shape index (κ1) is 15.8. The molecule has 1 atom stereocenters. The molecule has 1 heterocycles. The molecule has 0 bridgehead atoms. The van der Waals surface area contributed by atoms with Crippen molar-refractivity contribution in [3.8, 4) is 0 Å². The molecule has 1 aliphatic rings. The third-order valence-electron chi connectivity index (χ3n) is 4.08. The molecule has 4 nitrogen and oxygen atoms in total. The maximum atomic E-state index is 12.3. The Balaban J connectivity index is 2.03. The average Bonchev–Trinajstić information content (AvgIpc) is 2.35. The van der Waals surface area contributed by atoms with Gasteiger partial charge < -0.3 is 10.6 Å². The molecule has 0 radical (unpaired) electrons. The van der Waals surface area contributed by atoms with Gasteiger partial charge in [0.25, 0.3) is 0 Å². The van der Waals surface area contributed by atoms with Crippen LogP contribution in [0.2, 0.25) is 0 Å². The Hall–Kier alpha value is -1.58. The molecule has 1 aromatic rings. The Labute approximate surface area is 127 Å². The summed E-state index contributed by atoms with van der Waals surface area (Å²) >= 11 is 0. The zero-order valence-corrected chi connectivity index (χ0v) is 13.6. The van der Waals surface area contributed by atoms with Gasteiger partial charge >= 0.3 is 6.03 Å². The van der Waals surface area contributed by atoms with E-state index in [1.54, 1.807) is 6.20 Å². The number of hydrogen-bond donors (Lipinski definition) is 2. The maximum absolute atomic E-state index is 12.3. The van der Waals surface area contributed by atoms with Crippen LogP contribution in [0.4, 0.5) is 4.79 Å². The first-order valence-corrected chi connectivity index (χ1v) is 7.76. The zero-order chi connectivity index (χ0) is 15.5. The summed E-state index contributed by atoms with van der Waals surface area (Å²) in [5.74, 6) is 0. The van der Waals surface area contributed by atoms with Gasteiger partial charge in [-0.1, -0.05) is 26.8 Å². The van der Waals surface area contributed by atoms with Crippen LogP contribution in [0.5, 0.6) is 0 Å².